The second kappa shape index (κ2) is 9.90. The smallest absolute Gasteiger partial charge is 0.271 e. The summed E-state index contributed by atoms with van der Waals surface area (Å²) in [5.74, 6) is 0.818. The van der Waals surface area contributed by atoms with Gasteiger partial charge in [0.1, 0.15) is 17.5 Å². The highest BCUT2D eigenvalue weighted by Crippen LogP contribution is 2.30. The van der Waals surface area contributed by atoms with Gasteiger partial charge in [-0.1, -0.05) is 37.3 Å². The third-order valence-electron chi connectivity index (χ3n) is 6.08. The van der Waals surface area contributed by atoms with Crippen LogP contribution < -0.4 is 20.3 Å². The molecule has 2 aromatic carbocycles. The van der Waals surface area contributed by atoms with Crippen LogP contribution in [0.4, 0.5) is 5.69 Å². The SMILES string of the molecule is CCC(C(=O)Nc1cc(OC)cc(OC)c1)n1nc(-c2ccccc2)c2c(c1=O)CCCC2. The highest BCUT2D eigenvalue weighted by molar-refractivity contribution is 5.94. The van der Waals surface area contributed by atoms with Crippen LogP contribution in [0, 0.1) is 0 Å². The summed E-state index contributed by atoms with van der Waals surface area (Å²) in [6.45, 7) is 1.88. The predicted octanol–water partition coefficient (Wildman–Crippen LogP) is 4.40. The molecule has 1 heterocycles. The van der Waals surface area contributed by atoms with Crippen LogP contribution in [0.25, 0.3) is 11.3 Å². The maximum Gasteiger partial charge on any atom is 0.271 e. The summed E-state index contributed by atoms with van der Waals surface area (Å²) < 4.78 is 12.0. The van der Waals surface area contributed by atoms with Crippen molar-refractivity contribution in [3.05, 3.63) is 70.0 Å². The van der Waals surface area contributed by atoms with Crippen molar-refractivity contribution < 1.29 is 14.3 Å². The Balaban J connectivity index is 1.75. The molecule has 0 aliphatic heterocycles. The van der Waals surface area contributed by atoms with Crippen molar-refractivity contribution >= 4 is 11.6 Å². The molecule has 0 saturated carbocycles. The van der Waals surface area contributed by atoms with Gasteiger partial charge in [0.2, 0.25) is 5.91 Å². The van der Waals surface area contributed by atoms with Crippen molar-refractivity contribution in [1.29, 1.82) is 0 Å². The van der Waals surface area contributed by atoms with E-state index in [1.165, 1.54) is 4.68 Å². The van der Waals surface area contributed by atoms with Crippen LogP contribution in [-0.4, -0.2) is 29.9 Å². The fourth-order valence-corrected chi connectivity index (χ4v) is 4.37. The Labute approximate surface area is 193 Å². The van der Waals surface area contributed by atoms with Gasteiger partial charge >= 0.3 is 0 Å². The third kappa shape index (κ3) is 4.62. The van der Waals surface area contributed by atoms with Gasteiger partial charge in [-0.25, -0.2) is 4.68 Å². The Morgan fingerprint density at radius 1 is 1.03 bits per heavy atom. The van der Waals surface area contributed by atoms with E-state index in [0.717, 1.165) is 41.6 Å². The number of aromatic nitrogens is 2. The molecule has 1 N–H and O–H groups in total. The van der Waals surface area contributed by atoms with E-state index in [-0.39, 0.29) is 11.5 Å². The summed E-state index contributed by atoms with van der Waals surface area (Å²) in [5, 5.41) is 7.66. The van der Waals surface area contributed by atoms with E-state index in [4.69, 9.17) is 14.6 Å². The molecular weight excluding hydrogens is 418 g/mol. The van der Waals surface area contributed by atoms with Crippen LogP contribution in [0.3, 0.4) is 0 Å². The first-order valence-electron chi connectivity index (χ1n) is 11.3. The number of amides is 1. The molecule has 172 valence electrons. The number of benzene rings is 2. The Hall–Kier alpha value is -3.61. The molecule has 7 nitrogen and oxygen atoms in total. The quantitative estimate of drug-likeness (QED) is 0.581. The third-order valence-corrected chi connectivity index (χ3v) is 6.08. The highest BCUT2D eigenvalue weighted by Gasteiger charge is 2.27. The van der Waals surface area contributed by atoms with Gasteiger partial charge < -0.3 is 14.8 Å². The minimum atomic E-state index is -0.746. The van der Waals surface area contributed by atoms with Gasteiger partial charge in [0.15, 0.2) is 0 Å². The molecule has 1 atom stereocenters. The monoisotopic (exact) mass is 447 g/mol. The number of carbonyl (C=O) groups excluding carboxylic acids is 1. The summed E-state index contributed by atoms with van der Waals surface area (Å²) in [6.07, 6.45) is 3.96. The maximum absolute atomic E-state index is 13.4. The van der Waals surface area contributed by atoms with Crippen molar-refractivity contribution in [2.24, 2.45) is 0 Å². The van der Waals surface area contributed by atoms with Crippen LogP contribution in [0.1, 0.15) is 43.4 Å². The molecule has 0 bridgehead atoms. The number of fused-ring (bicyclic) bond motifs is 1. The van der Waals surface area contributed by atoms with E-state index in [1.54, 1.807) is 32.4 Å². The van der Waals surface area contributed by atoms with Crippen LogP contribution in [-0.2, 0) is 17.6 Å². The average Bonchev–Trinajstić information content (AvgIpc) is 2.86. The Kier molecular flexibility index (Phi) is 6.77. The van der Waals surface area contributed by atoms with Crippen LogP contribution >= 0.6 is 0 Å². The number of ether oxygens (including phenoxy) is 2. The first-order chi connectivity index (χ1) is 16.0. The van der Waals surface area contributed by atoms with E-state index < -0.39 is 6.04 Å². The molecule has 0 saturated heterocycles. The lowest BCUT2D eigenvalue weighted by Gasteiger charge is -2.24. The molecule has 0 fully saturated rings. The average molecular weight is 448 g/mol. The van der Waals surface area contributed by atoms with Crippen molar-refractivity contribution in [2.45, 2.75) is 45.1 Å². The maximum atomic E-state index is 13.4. The first kappa shape index (κ1) is 22.6. The number of carbonyl (C=O) groups is 1. The molecule has 33 heavy (non-hydrogen) atoms. The van der Waals surface area contributed by atoms with Crippen molar-refractivity contribution in [3.8, 4) is 22.8 Å². The Bertz CT molecular complexity index is 1180. The number of hydrogen-bond acceptors (Lipinski definition) is 5. The molecule has 1 amide bonds. The lowest BCUT2D eigenvalue weighted by atomic mass is 9.89. The zero-order valence-corrected chi connectivity index (χ0v) is 19.3. The van der Waals surface area contributed by atoms with E-state index in [0.29, 0.717) is 30.0 Å². The van der Waals surface area contributed by atoms with E-state index in [1.807, 2.05) is 37.3 Å². The van der Waals surface area contributed by atoms with E-state index in [9.17, 15) is 9.59 Å². The summed E-state index contributed by atoms with van der Waals surface area (Å²) in [6, 6.07) is 14.3. The van der Waals surface area contributed by atoms with Crippen molar-refractivity contribution in [3.63, 3.8) is 0 Å². The number of rotatable bonds is 7. The highest BCUT2D eigenvalue weighted by atomic mass is 16.5. The molecule has 3 aromatic rings. The van der Waals surface area contributed by atoms with Gasteiger partial charge in [0.25, 0.3) is 5.56 Å². The molecule has 1 unspecified atom stereocenters. The number of nitrogens with one attached hydrogen (secondary N) is 1. The van der Waals surface area contributed by atoms with Gasteiger partial charge in [-0.15, -0.1) is 0 Å². The lowest BCUT2D eigenvalue weighted by molar-refractivity contribution is -0.119. The lowest BCUT2D eigenvalue weighted by Crippen LogP contribution is -2.38. The minimum Gasteiger partial charge on any atom is -0.497 e. The fourth-order valence-electron chi connectivity index (χ4n) is 4.37. The molecule has 0 radical (unpaired) electrons. The second-order valence-corrected chi connectivity index (χ2v) is 8.14. The number of methoxy groups -OCH3 is 2. The molecule has 4 rings (SSSR count). The van der Waals surface area contributed by atoms with E-state index >= 15 is 0 Å². The number of hydrogen-bond donors (Lipinski definition) is 1. The minimum absolute atomic E-state index is 0.172. The van der Waals surface area contributed by atoms with Crippen LogP contribution in [0.15, 0.2) is 53.3 Å². The first-order valence-corrected chi connectivity index (χ1v) is 11.3. The molecule has 1 aliphatic carbocycles. The van der Waals surface area contributed by atoms with Gasteiger partial charge in [-0.05, 0) is 37.7 Å². The largest absolute Gasteiger partial charge is 0.497 e. The Morgan fingerprint density at radius 3 is 2.27 bits per heavy atom. The normalized spacial score (nSPS) is 13.7. The van der Waals surface area contributed by atoms with E-state index in [2.05, 4.69) is 5.32 Å². The summed E-state index contributed by atoms with van der Waals surface area (Å²) in [7, 11) is 3.11. The number of anilines is 1. The van der Waals surface area contributed by atoms with Crippen molar-refractivity contribution in [2.75, 3.05) is 19.5 Å². The Morgan fingerprint density at radius 2 is 1.67 bits per heavy atom. The molecule has 0 spiro atoms. The fraction of sp³-hybridized carbons (Fsp3) is 0.346. The number of nitrogens with zero attached hydrogens (tertiary/aromatic N) is 2. The van der Waals surface area contributed by atoms with Gasteiger partial charge in [0.05, 0.1) is 19.9 Å². The molecule has 1 aromatic heterocycles. The second-order valence-electron chi connectivity index (χ2n) is 8.14. The molecular formula is C26H29N3O4. The predicted molar refractivity (Wildman–Crippen MR) is 128 cm³/mol. The van der Waals surface area contributed by atoms with Crippen LogP contribution in [0.5, 0.6) is 11.5 Å². The van der Waals surface area contributed by atoms with Gasteiger partial charge in [-0.3, -0.25) is 9.59 Å². The standard InChI is InChI=1S/C26H29N3O4/c1-4-23(25(30)27-18-14-19(32-2)16-20(15-18)33-3)29-26(31)22-13-9-8-12-21(22)24(28-29)17-10-6-5-7-11-17/h5-7,10-11,14-16,23H,4,8-9,12-13H2,1-3H3,(H,27,30). The van der Waals surface area contributed by atoms with Crippen LogP contribution in [0.2, 0.25) is 0 Å². The van der Waals surface area contributed by atoms with Gasteiger partial charge in [0, 0.05) is 35.0 Å². The van der Waals surface area contributed by atoms with Gasteiger partial charge in [-0.2, -0.15) is 5.10 Å². The topological polar surface area (TPSA) is 82.4 Å². The molecule has 1 aliphatic rings. The molecule has 7 heteroatoms. The summed E-state index contributed by atoms with van der Waals surface area (Å²) in [5.41, 5.74) is 3.90. The summed E-state index contributed by atoms with van der Waals surface area (Å²) >= 11 is 0. The zero-order chi connectivity index (χ0) is 23.4. The summed E-state index contributed by atoms with van der Waals surface area (Å²) in [4.78, 5) is 26.8. The van der Waals surface area contributed by atoms with Crippen molar-refractivity contribution in [1.82, 2.24) is 9.78 Å². The zero-order valence-electron chi connectivity index (χ0n) is 19.3.